The minimum Gasteiger partial charge on any atom is -0.505 e. The number of hydrogen-bond acceptors (Lipinski definition) is 3. The van der Waals surface area contributed by atoms with Crippen molar-refractivity contribution in [3.05, 3.63) is 53.7 Å². The fourth-order valence-corrected chi connectivity index (χ4v) is 1.99. The first-order chi connectivity index (χ1) is 9.25. The third kappa shape index (κ3) is 2.04. The average molecular weight is 251 g/mol. The highest BCUT2D eigenvalue weighted by atomic mass is 16.3. The molecule has 0 fully saturated rings. The van der Waals surface area contributed by atoms with E-state index in [2.05, 4.69) is 10.2 Å². The molecule has 0 bridgehead atoms. The van der Waals surface area contributed by atoms with Crippen molar-refractivity contribution in [3.8, 4) is 5.75 Å². The molecule has 3 rings (SSSR count). The number of nitrogen functional groups attached to an aromatic ring is 1. The SMILES string of the molecule is Nc1cccc(C=Cc2n[nH]c3ccccc23)c1O. The summed E-state index contributed by atoms with van der Waals surface area (Å²) in [6.07, 6.45) is 3.65. The summed E-state index contributed by atoms with van der Waals surface area (Å²) in [6, 6.07) is 13.2. The molecule has 0 amide bonds. The number of aromatic nitrogens is 2. The molecule has 0 aliphatic rings. The van der Waals surface area contributed by atoms with Gasteiger partial charge in [0.15, 0.2) is 0 Å². The van der Waals surface area contributed by atoms with Crippen LogP contribution in [-0.4, -0.2) is 15.3 Å². The van der Waals surface area contributed by atoms with Gasteiger partial charge in [0.1, 0.15) is 5.75 Å². The fraction of sp³-hybridized carbons (Fsp3) is 0. The molecule has 0 saturated heterocycles. The zero-order chi connectivity index (χ0) is 13.2. The maximum Gasteiger partial charge on any atom is 0.145 e. The van der Waals surface area contributed by atoms with Crippen molar-refractivity contribution < 1.29 is 5.11 Å². The second kappa shape index (κ2) is 4.49. The number of aromatic hydroxyl groups is 1. The van der Waals surface area contributed by atoms with Crippen LogP contribution >= 0.6 is 0 Å². The first-order valence-electron chi connectivity index (χ1n) is 5.94. The van der Waals surface area contributed by atoms with E-state index in [1.54, 1.807) is 24.3 Å². The summed E-state index contributed by atoms with van der Waals surface area (Å²) in [6.45, 7) is 0. The van der Waals surface area contributed by atoms with Gasteiger partial charge in [-0.25, -0.2) is 0 Å². The molecular weight excluding hydrogens is 238 g/mol. The number of nitrogens with two attached hydrogens (primary N) is 1. The van der Waals surface area contributed by atoms with Crippen molar-refractivity contribution in [1.29, 1.82) is 0 Å². The number of para-hydroxylation sites is 2. The summed E-state index contributed by atoms with van der Waals surface area (Å²) in [5.74, 6) is 0.0959. The quantitative estimate of drug-likeness (QED) is 0.484. The normalized spacial score (nSPS) is 11.4. The zero-order valence-electron chi connectivity index (χ0n) is 10.2. The van der Waals surface area contributed by atoms with E-state index >= 15 is 0 Å². The molecule has 0 radical (unpaired) electrons. The first kappa shape index (κ1) is 11.3. The van der Waals surface area contributed by atoms with Gasteiger partial charge in [-0.05, 0) is 24.3 Å². The van der Waals surface area contributed by atoms with Gasteiger partial charge >= 0.3 is 0 Å². The topological polar surface area (TPSA) is 74.9 Å². The van der Waals surface area contributed by atoms with Gasteiger partial charge in [-0.1, -0.05) is 30.3 Å². The third-order valence-electron chi connectivity index (χ3n) is 3.02. The molecule has 1 heterocycles. The molecule has 0 atom stereocenters. The van der Waals surface area contributed by atoms with Gasteiger partial charge in [0.2, 0.25) is 0 Å². The lowest BCUT2D eigenvalue weighted by atomic mass is 10.1. The molecule has 94 valence electrons. The zero-order valence-corrected chi connectivity index (χ0v) is 10.2. The fourth-order valence-electron chi connectivity index (χ4n) is 1.99. The number of nitrogens with one attached hydrogen (secondary N) is 1. The smallest absolute Gasteiger partial charge is 0.145 e. The molecule has 1 aromatic heterocycles. The van der Waals surface area contributed by atoms with Crippen LogP contribution in [0.2, 0.25) is 0 Å². The standard InChI is InChI=1S/C15H13N3O/c16-12-6-3-4-10(15(12)19)8-9-14-11-5-1-2-7-13(11)17-18-14/h1-9,19H,16H2,(H,17,18). The minimum absolute atomic E-state index is 0.0959. The van der Waals surface area contributed by atoms with Gasteiger partial charge in [-0.15, -0.1) is 0 Å². The van der Waals surface area contributed by atoms with Gasteiger partial charge in [-0.3, -0.25) is 5.10 Å². The highest BCUT2D eigenvalue weighted by Crippen LogP contribution is 2.26. The molecule has 0 spiro atoms. The molecule has 0 aliphatic carbocycles. The van der Waals surface area contributed by atoms with Crippen molar-refractivity contribution in [2.75, 3.05) is 5.73 Å². The van der Waals surface area contributed by atoms with E-state index in [0.717, 1.165) is 16.6 Å². The lowest BCUT2D eigenvalue weighted by molar-refractivity contribution is 0.477. The number of anilines is 1. The maximum atomic E-state index is 9.83. The number of nitrogens with zero attached hydrogens (tertiary/aromatic N) is 1. The highest BCUT2D eigenvalue weighted by molar-refractivity contribution is 5.89. The van der Waals surface area contributed by atoms with E-state index in [4.69, 9.17) is 5.73 Å². The number of phenols is 1. The van der Waals surface area contributed by atoms with Crippen molar-refractivity contribution in [2.45, 2.75) is 0 Å². The van der Waals surface area contributed by atoms with Crippen molar-refractivity contribution in [2.24, 2.45) is 0 Å². The van der Waals surface area contributed by atoms with Crippen LogP contribution in [0.3, 0.4) is 0 Å². The summed E-state index contributed by atoms with van der Waals surface area (Å²) < 4.78 is 0. The molecule has 2 aromatic carbocycles. The predicted octanol–water partition coefficient (Wildman–Crippen LogP) is 3.02. The first-order valence-corrected chi connectivity index (χ1v) is 5.94. The Balaban J connectivity index is 2.01. The van der Waals surface area contributed by atoms with E-state index in [1.165, 1.54) is 0 Å². The molecular formula is C15H13N3O. The summed E-state index contributed by atoms with van der Waals surface area (Å²) in [7, 11) is 0. The second-order valence-corrected chi connectivity index (χ2v) is 4.27. The Hall–Kier alpha value is -2.75. The van der Waals surface area contributed by atoms with Crippen LogP contribution in [0.15, 0.2) is 42.5 Å². The Labute approximate surface area is 110 Å². The number of rotatable bonds is 2. The lowest BCUT2D eigenvalue weighted by Gasteiger charge is -2.01. The number of H-pyrrole nitrogens is 1. The number of hydrogen-bond donors (Lipinski definition) is 3. The highest BCUT2D eigenvalue weighted by Gasteiger charge is 2.03. The molecule has 3 aromatic rings. The van der Waals surface area contributed by atoms with Crippen LogP contribution in [0.4, 0.5) is 5.69 Å². The van der Waals surface area contributed by atoms with Crippen molar-refractivity contribution >= 4 is 28.7 Å². The lowest BCUT2D eigenvalue weighted by Crippen LogP contribution is -1.86. The van der Waals surface area contributed by atoms with Crippen LogP contribution in [0.5, 0.6) is 5.75 Å². The van der Waals surface area contributed by atoms with Crippen LogP contribution in [0, 0.1) is 0 Å². The number of fused-ring (bicyclic) bond motifs is 1. The molecule has 0 unspecified atom stereocenters. The summed E-state index contributed by atoms with van der Waals surface area (Å²) in [5, 5.41) is 18.1. The minimum atomic E-state index is 0.0959. The number of aromatic amines is 1. The maximum absolute atomic E-state index is 9.83. The predicted molar refractivity (Wildman–Crippen MR) is 77.5 cm³/mol. The van der Waals surface area contributed by atoms with E-state index in [9.17, 15) is 5.11 Å². The molecule has 0 saturated carbocycles. The van der Waals surface area contributed by atoms with Crippen LogP contribution < -0.4 is 5.73 Å². The summed E-state index contributed by atoms with van der Waals surface area (Å²) >= 11 is 0. The Morgan fingerprint density at radius 2 is 1.89 bits per heavy atom. The summed E-state index contributed by atoms with van der Waals surface area (Å²) in [4.78, 5) is 0. The van der Waals surface area contributed by atoms with E-state index in [-0.39, 0.29) is 5.75 Å². The molecule has 19 heavy (non-hydrogen) atoms. The van der Waals surface area contributed by atoms with Crippen LogP contribution in [0.1, 0.15) is 11.3 Å². The van der Waals surface area contributed by atoms with Gasteiger partial charge in [0, 0.05) is 10.9 Å². The number of benzene rings is 2. The van der Waals surface area contributed by atoms with Gasteiger partial charge in [0.25, 0.3) is 0 Å². The number of phenolic OH excluding ortho intramolecular Hbond substituents is 1. The van der Waals surface area contributed by atoms with Crippen molar-refractivity contribution in [1.82, 2.24) is 10.2 Å². The Kier molecular flexibility index (Phi) is 2.68. The van der Waals surface area contributed by atoms with Gasteiger partial charge in [0.05, 0.1) is 16.9 Å². The van der Waals surface area contributed by atoms with E-state index < -0.39 is 0 Å². The van der Waals surface area contributed by atoms with Crippen LogP contribution in [0.25, 0.3) is 23.1 Å². The monoisotopic (exact) mass is 251 g/mol. The second-order valence-electron chi connectivity index (χ2n) is 4.27. The van der Waals surface area contributed by atoms with Crippen molar-refractivity contribution in [3.63, 3.8) is 0 Å². The van der Waals surface area contributed by atoms with Gasteiger partial charge in [-0.2, -0.15) is 5.10 Å². The largest absolute Gasteiger partial charge is 0.505 e. The molecule has 4 heteroatoms. The molecule has 4 N–H and O–H groups in total. The Morgan fingerprint density at radius 1 is 1.05 bits per heavy atom. The van der Waals surface area contributed by atoms with E-state index in [0.29, 0.717) is 11.3 Å². The Morgan fingerprint density at radius 3 is 2.79 bits per heavy atom. The van der Waals surface area contributed by atoms with E-state index in [1.807, 2.05) is 30.3 Å². The molecule has 4 nitrogen and oxygen atoms in total. The van der Waals surface area contributed by atoms with Gasteiger partial charge < -0.3 is 10.8 Å². The summed E-state index contributed by atoms with van der Waals surface area (Å²) in [5.41, 5.74) is 8.51. The third-order valence-corrected chi connectivity index (χ3v) is 3.02. The average Bonchev–Trinajstić information content (AvgIpc) is 2.84. The molecule has 0 aliphatic heterocycles. The Bertz CT molecular complexity index is 759. The van der Waals surface area contributed by atoms with Crippen LogP contribution in [-0.2, 0) is 0 Å².